The molecule has 13 heavy (non-hydrogen) atoms. The van der Waals surface area contributed by atoms with Crippen molar-refractivity contribution >= 4 is 11.6 Å². The maximum absolute atomic E-state index is 5.67. The summed E-state index contributed by atoms with van der Waals surface area (Å²) in [7, 11) is 1.70. The summed E-state index contributed by atoms with van der Waals surface area (Å²) in [5.41, 5.74) is 2.54. The first-order valence-electron chi connectivity index (χ1n) is 4.53. The van der Waals surface area contributed by atoms with Gasteiger partial charge in [0.15, 0.2) is 0 Å². The Kier molecular flexibility index (Phi) is 4.10. The summed E-state index contributed by atoms with van der Waals surface area (Å²) in [4.78, 5) is 0. The minimum atomic E-state index is 0.676. The van der Waals surface area contributed by atoms with Gasteiger partial charge in [0.25, 0.3) is 0 Å². The molecule has 0 fully saturated rings. The fraction of sp³-hybridized carbons (Fsp3) is 0.455. The van der Waals surface area contributed by atoms with Crippen LogP contribution in [0.25, 0.3) is 0 Å². The number of halogens is 1. The van der Waals surface area contributed by atoms with Crippen LogP contribution in [0.1, 0.15) is 18.1 Å². The Morgan fingerprint density at radius 1 is 1.38 bits per heavy atom. The molecule has 72 valence electrons. The highest BCUT2D eigenvalue weighted by Gasteiger charge is 2.01. The van der Waals surface area contributed by atoms with Gasteiger partial charge in [-0.25, -0.2) is 0 Å². The van der Waals surface area contributed by atoms with Crippen LogP contribution >= 0.6 is 11.6 Å². The molecule has 0 heterocycles. The van der Waals surface area contributed by atoms with Gasteiger partial charge in [-0.2, -0.15) is 0 Å². The third kappa shape index (κ3) is 2.63. The van der Waals surface area contributed by atoms with Crippen LogP contribution in [0.15, 0.2) is 18.2 Å². The lowest BCUT2D eigenvalue weighted by molar-refractivity contribution is 0.410. The zero-order valence-corrected chi connectivity index (χ0v) is 8.90. The molecular weight excluding hydrogens is 184 g/mol. The van der Waals surface area contributed by atoms with Crippen molar-refractivity contribution in [2.75, 3.05) is 13.0 Å². The molecule has 0 amide bonds. The average molecular weight is 199 g/mol. The number of alkyl halides is 1. The molecule has 0 aromatic heterocycles. The van der Waals surface area contributed by atoms with Crippen LogP contribution in [-0.4, -0.2) is 13.0 Å². The van der Waals surface area contributed by atoms with E-state index in [1.54, 1.807) is 7.11 Å². The SMILES string of the molecule is CCc1cc(CCCl)ccc1OC. The normalized spacial score (nSPS) is 10.1. The maximum Gasteiger partial charge on any atom is 0.122 e. The molecule has 0 aliphatic rings. The van der Waals surface area contributed by atoms with Gasteiger partial charge in [-0.1, -0.05) is 19.1 Å². The Morgan fingerprint density at radius 2 is 2.15 bits per heavy atom. The molecule has 0 N–H and O–H groups in total. The van der Waals surface area contributed by atoms with Crippen molar-refractivity contribution in [1.82, 2.24) is 0 Å². The average Bonchev–Trinajstić information content (AvgIpc) is 2.18. The first-order chi connectivity index (χ1) is 6.31. The summed E-state index contributed by atoms with van der Waals surface area (Å²) < 4.78 is 5.24. The standard InChI is InChI=1S/C11H15ClO/c1-3-10-8-9(6-7-12)4-5-11(10)13-2/h4-5,8H,3,6-7H2,1-2H3. The minimum absolute atomic E-state index is 0.676. The summed E-state index contributed by atoms with van der Waals surface area (Å²) in [5.74, 6) is 1.65. The van der Waals surface area contributed by atoms with Crippen LogP contribution in [0, 0.1) is 0 Å². The lowest BCUT2D eigenvalue weighted by Gasteiger charge is -2.08. The van der Waals surface area contributed by atoms with Crippen LogP contribution in [-0.2, 0) is 12.8 Å². The Morgan fingerprint density at radius 3 is 2.69 bits per heavy atom. The van der Waals surface area contributed by atoms with E-state index in [9.17, 15) is 0 Å². The fourth-order valence-corrected chi connectivity index (χ4v) is 1.59. The second kappa shape index (κ2) is 5.13. The first kappa shape index (κ1) is 10.4. The smallest absolute Gasteiger partial charge is 0.122 e. The lowest BCUT2D eigenvalue weighted by Crippen LogP contribution is -1.93. The van der Waals surface area contributed by atoms with Gasteiger partial charge >= 0.3 is 0 Å². The van der Waals surface area contributed by atoms with Crippen molar-refractivity contribution in [3.63, 3.8) is 0 Å². The lowest BCUT2D eigenvalue weighted by atomic mass is 10.1. The molecule has 0 saturated heterocycles. The van der Waals surface area contributed by atoms with Crippen molar-refractivity contribution in [2.24, 2.45) is 0 Å². The van der Waals surface area contributed by atoms with Crippen molar-refractivity contribution in [3.8, 4) is 5.75 Å². The largest absolute Gasteiger partial charge is 0.496 e. The van der Waals surface area contributed by atoms with Crippen molar-refractivity contribution in [1.29, 1.82) is 0 Å². The second-order valence-electron chi connectivity index (χ2n) is 2.94. The molecule has 0 unspecified atom stereocenters. The van der Waals surface area contributed by atoms with Gasteiger partial charge in [0.2, 0.25) is 0 Å². The molecule has 1 rings (SSSR count). The minimum Gasteiger partial charge on any atom is -0.496 e. The number of aryl methyl sites for hydroxylation is 2. The van der Waals surface area contributed by atoms with Crippen LogP contribution < -0.4 is 4.74 Å². The number of benzene rings is 1. The van der Waals surface area contributed by atoms with Crippen LogP contribution in [0.5, 0.6) is 5.75 Å². The van der Waals surface area contributed by atoms with E-state index in [1.165, 1.54) is 11.1 Å². The van der Waals surface area contributed by atoms with E-state index in [-0.39, 0.29) is 0 Å². The summed E-state index contributed by atoms with van der Waals surface area (Å²) in [6.07, 6.45) is 1.93. The maximum atomic E-state index is 5.67. The summed E-state index contributed by atoms with van der Waals surface area (Å²) in [6, 6.07) is 6.25. The summed E-state index contributed by atoms with van der Waals surface area (Å²) in [5, 5.41) is 0. The third-order valence-corrected chi connectivity index (χ3v) is 2.30. The Hall–Kier alpha value is -0.690. The van der Waals surface area contributed by atoms with E-state index in [0.29, 0.717) is 5.88 Å². The Bertz CT molecular complexity index is 271. The number of ether oxygens (including phenoxy) is 1. The van der Waals surface area contributed by atoms with Gasteiger partial charge in [-0.15, -0.1) is 11.6 Å². The molecule has 0 bridgehead atoms. The molecule has 0 saturated carbocycles. The second-order valence-corrected chi connectivity index (χ2v) is 3.32. The predicted molar refractivity (Wildman–Crippen MR) is 56.8 cm³/mol. The zero-order valence-electron chi connectivity index (χ0n) is 8.14. The molecule has 1 nitrogen and oxygen atoms in total. The van der Waals surface area contributed by atoms with E-state index in [1.807, 2.05) is 6.07 Å². The summed E-state index contributed by atoms with van der Waals surface area (Å²) >= 11 is 5.67. The van der Waals surface area contributed by atoms with Crippen LogP contribution in [0.2, 0.25) is 0 Å². The van der Waals surface area contributed by atoms with E-state index in [4.69, 9.17) is 16.3 Å². The molecule has 1 aromatic carbocycles. The third-order valence-electron chi connectivity index (χ3n) is 2.11. The molecule has 0 spiro atoms. The molecule has 2 heteroatoms. The van der Waals surface area contributed by atoms with E-state index in [2.05, 4.69) is 19.1 Å². The number of hydrogen-bond acceptors (Lipinski definition) is 1. The van der Waals surface area contributed by atoms with Gasteiger partial charge < -0.3 is 4.74 Å². The summed E-state index contributed by atoms with van der Waals surface area (Å²) in [6.45, 7) is 2.13. The van der Waals surface area contributed by atoms with Gasteiger partial charge in [0, 0.05) is 5.88 Å². The zero-order chi connectivity index (χ0) is 9.68. The highest BCUT2D eigenvalue weighted by Crippen LogP contribution is 2.20. The highest BCUT2D eigenvalue weighted by molar-refractivity contribution is 6.17. The molecule has 0 radical (unpaired) electrons. The molecule has 0 atom stereocenters. The van der Waals surface area contributed by atoms with E-state index < -0.39 is 0 Å². The monoisotopic (exact) mass is 198 g/mol. The Labute approximate surface area is 84.7 Å². The van der Waals surface area contributed by atoms with Gasteiger partial charge in [-0.05, 0) is 30.0 Å². The molecular formula is C11H15ClO. The van der Waals surface area contributed by atoms with Crippen molar-refractivity contribution < 1.29 is 4.74 Å². The van der Waals surface area contributed by atoms with E-state index >= 15 is 0 Å². The van der Waals surface area contributed by atoms with Crippen LogP contribution in [0.3, 0.4) is 0 Å². The molecule has 0 aliphatic carbocycles. The van der Waals surface area contributed by atoms with Crippen molar-refractivity contribution in [2.45, 2.75) is 19.8 Å². The number of rotatable bonds is 4. The number of hydrogen-bond donors (Lipinski definition) is 0. The molecule has 1 aromatic rings. The molecule has 0 aliphatic heterocycles. The first-order valence-corrected chi connectivity index (χ1v) is 5.07. The fourth-order valence-electron chi connectivity index (χ4n) is 1.37. The van der Waals surface area contributed by atoms with Crippen LogP contribution in [0.4, 0.5) is 0 Å². The van der Waals surface area contributed by atoms with Gasteiger partial charge in [0.1, 0.15) is 5.75 Å². The van der Waals surface area contributed by atoms with E-state index in [0.717, 1.165) is 18.6 Å². The van der Waals surface area contributed by atoms with Crippen molar-refractivity contribution in [3.05, 3.63) is 29.3 Å². The van der Waals surface area contributed by atoms with Gasteiger partial charge in [0.05, 0.1) is 7.11 Å². The number of methoxy groups -OCH3 is 1. The Balaban J connectivity index is 2.91. The van der Waals surface area contributed by atoms with Gasteiger partial charge in [-0.3, -0.25) is 0 Å². The topological polar surface area (TPSA) is 9.23 Å². The highest BCUT2D eigenvalue weighted by atomic mass is 35.5. The predicted octanol–water partition coefficient (Wildman–Crippen LogP) is 3.04. The quantitative estimate of drug-likeness (QED) is 0.676.